The molecule has 0 aromatic heterocycles. The minimum atomic E-state index is -0.344. The molecule has 0 fully saturated rings. The van der Waals surface area contributed by atoms with E-state index in [4.69, 9.17) is 28.9 Å². The second-order valence-electron chi connectivity index (χ2n) is 4.06. The van der Waals surface area contributed by atoms with Gasteiger partial charge in [0, 0.05) is 19.0 Å². The number of nitrogens with one attached hydrogen (secondary N) is 1. The molecule has 3 nitrogen and oxygen atoms in total. The Morgan fingerprint density at radius 1 is 1.05 bits per heavy atom. The molecule has 0 aliphatic carbocycles. The Labute approximate surface area is 156 Å². The molecule has 0 bridgehead atoms. The quantitative estimate of drug-likeness (QED) is 0.472. The SMILES string of the molecule is Nc1cc(C(=O)Nc2c(Br)cc(Br)cc2Br)cc(Cl)c1Cl. The average molecular weight is 518 g/mol. The van der Waals surface area contributed by atoms with Crippen LogP contribution in [0.25, 0.3) is 0 Å². The number of nitrogen functional groups attached to an aromatic ring is 1. The van der Waals surface area contributed by atoms with Crippen molar-refractivity contribution in [3.63, 3.8) is 0 Å². The van der Waals surface area contributed by atoms with Gasteiger partial charge >= 0.3 is 0 Å². The molecule has 0 heterocycles. The summed E-state index contributed by atoms with van der Waals surface area (Å²) in [6.45, 7) is 0. The Morgan fingerprint density at radius 2 is 1.62 bits per heavy atom. The monoisotopic (exact) mass is 514 g/mol. The number of halogens is 5. The highest BCUT2D eigenvalue weighted by molar-refractivity contribution is 9.11. The maximum Gasteiger partial charge on any atom is 0.255 e. The van der Waals surface area contributed by atoms with Gasteiger partial charge in [-0.25, -0.2) is 0 Å². The van der Waals surface area contributed by atoms with Gasteiger partial charge in [0.1, 0.15) is 0 Å². The Balaban J connectivity index is 2.35. The molecule has 8 heteroatoms. The number of nitrogens with two attached hydrogens (primary N) is 1. The van der Waals surface area contributed by atoms with Crippen molar-refractivity contribution in [3.8, 4) is 0 Å². The minimum absolute atomic E-state index is 0.232. The predicted octanol–water partition coefficient (Wildman–Crippen LogP) is 6.12. The van der Waals surface area contributed by atoms with Gasteiger partial charge < -0.3 is 11.1 Å². The van der Waals surface area contributed by atoms with Crippen molar-refractivity contribution in [1.82, 2.24) is 0 Å². The van der Waals surface area contributed by atoms with E-state index in [1.807, 2.05) is 12.1 Å². The summed E-state index contributed by atoms with van der Waals surface area (Å²) in [6.07, 6.45) is 0. The lowest BCUT2D eigenvalue weighted by Crippen LogP contribution is -2.13. The lowest BCUT2D eigenvalue weighted by atomic mass is 10.2. The molecule has 2 aromatic rings. The zero-order chi connectivity index (χ0) is 15.7. The standard InChI is InChI=1S/C13H7Br3Cl2N2O/c14-6-3-7(15)12(8(16)4-6)20-13(21)5-1-9(17)11(18)10(19)2-5/h1-4H,19H2,(H,20,21). The van der Waals surface area contributed by atoms with Gasteiger partial charge in [0.25, 0.3) is 5.91 Å². The molecule has 0 atom stereocenters. The van der Waals surface area contributed by atoms with E-state index >= 15 is 0 Å². The summed E-state index contributed by atoms with van der Waals surface area (Å²) in [5.41, 5.74) is 6.89. The van der Waals surface area contributed by atoms with E-state index in [9.17, 15) is 4.79 Å². The fourth-order valence-corrected chi connectivity index (χ4v) is 4.38. The molecule has 0 radical (unpaired) electrons. The number of amides is 1. The summed E-state index contributed by atoms with van der Waals surface area (Å²) in [7, 11) is 0. The zero-order valence-corrected chi connectivity index (χ0v) is 16.5. The normalized spacial score (nSPS) is 10.5. The molecule has 2 rings (SSSR count). The van der Waals surface area contributed by atoms with E-state index in [0.29, 0.717) is 11.3 Å². The number of carbonyl (C=O) groups is 1. The topological polar surface area (TPSA) is 55.1 Å². The van der Waals surface area contributed by atoms with Crippen LogP contribution in [0.3, 0.4) is 0 Å². The maximum atomic E-state index is 12.3. The highest BCUT2D eigenvalue weighted by Crippen LogP contribution is 2.35. The number of hydrogen-bond donors (Lipinski definition) is 2. The van der Waals surface area contributed by atoms with Crippen LogP contribution in [0.2, 0.25) is 10.0 Å². The van der Waals surface area contributed by atoms with E-state index in [1.54, 1.807) is 0 Å². The van der Waals surface area contributed by atoms with E-state index in [0.717, 1.165) is 13.4 Å². The van der Waals surface area contributed by atoms with Crippen LogP contribution in [-0.4, -0.2) is 5.91 Å². The van der Waals surface area contributed by atoms with Gasteiger partial charge in [-0.15, -0.1) is 0 Å². The summed E-state index contributed by atoms with van der Waals surface area (Å²) < 4.78 is 2.33. The van der Waals surface area contributed by atoms with Crippen LogP contribution in [0.4, 0.5) is 11.4 Å². The summed E-state index contributed by atoms with van der Waals surface area (Å²) >= 11 is 22.0. The molecule has 0 saturated carbocycles. The molecular formula is C13H7Br3Cl2N2O. The first-order valence-corrected chi connectivity index (χ1v) is 8.63. The highest BCUT2D eigenvalue weighted by Gasteiger charge is 2.15. The van der Waals surface area contributed by atoms with E-state index in [-0.39, 0.29) is 21.6 Å². The largest absolute Gasteiger partial charge is 0.397 e. The first kappa shape index (κ1) is 17.1. The Kier molecular flexibility index (Phi) is 5.59. The fraction of sp³-hybridized carbons (Fsp3) is 0. The molecular weight excluding hydrogens is 511 g/mol. The molecule has 0 unspecified atom stereocenters. The van der Waals surface area contributed by atoms with Gasteiger partial charge in [0.2, 0.25) is 0 Å². The molecule has 1 amide bonds. The second-order valence-corrected chi connectivity index (χ2v) is 7.47. The van der Waals surface area contributed by atoms with Crippen LogP contribution in [0.5, 0.6) is 0 Å². The Hall–Kier alpha value is -0.270. The van der Waals surface area contributed by atoms with Crippen LogP contribution in [0, 0.1) is 0 Å². The minimum Gasteiger partial charge on any atom is -0.397 e. The number of hydrogen-bond acceptors (Lipinski definition) is 2. The summed E-state index contributed by atoms with van der Waals surface area (Å²) in [5, 5.41) is 3.25. The van der Waals surface area contributed by atoms with Crippen LogP contribution in [0.1, 0.15) is 10.4 Å². The molecule has 3 N–H and O–H groups in total. The molecule has 0 spiro atoms. The first-order valence-electron chi connectivity index (χ1n) is 5.50. The molecule has 110 valence electrons. The molecule has 21 heavy (non-hydrogen) atoms. The number of benzene rings is 2. The van der Waals surface area contributed by atoms with Gasteiger partial charge in [-0.1, -0.05) is 39.1 Å². The molecule has 0 aliphatic heterocycles. The third-order valence-corrected chi connectivity index (χ3v) is 5.09. The highest BCUT2D eigenvalue weighted by atomic mass is 79.9. The van der Waals surface area contributed by atoms with Crippen molar-refractivity contribution < 1.29 is 4.79 Å². The van der Waals surface area contributed by atoms with Crippen molar-refractivity contribution in [1.29, 1.82) is 0 Å². The molecule has 0 saturated heterocycles. The average Bonchev–Trinajstić information content (AvgIpc) is 2.39. The summed E-state index contributed by atoms with van der Waals surface area (Å²) in [5.74, 6) is -0.344. The lowest BCUT2D eigenvalue weighted by Gasteiger charge is -2.11. The number of rotatable bonds is 2. The predicted molar refractivity (Wildman–Crippen MR) is 98.4 cm³/mol. The Morgan fingerprint density at radius 3 is 2.14 bits per heavy atom. The van der Waals surface area contributed by atoms with Gasteiger partial charge in [-0.05, 0) is 56.1 Å². The Bertz CT molecular complexity index is 691. The van der Waals surface area contributed by atoms with Crippen LogP contribution < -0.4 is 11.1 Å². The smallest absolute Gasteiger partial charge is 0.255 e. The molecule has 0 aliphatic rings. The third-order valence-electron chi connectivity index (χ3n) is 2.56. The van der Waals surface area contributed by atoms with Crippen molar-refractivity contribution >= 4 is 88.3 Å². The van der Waals surface area contributed by atoms with E-state index < -0.39 is 0 Å². The van der Waals surface area contributed by atoms with Crippen molar-refractivity contribution in [2.45, 2.75) is 0 Å². The summed E-state index contributed by atoms with van der Waals surface area (Å²) in [6, 6.07) is 6.59. The van der Waals surface area contributed by atoms with Crippen molar-refractivity contribution in [2.24, 2.45) is 0 Å². The van der Waals surface area contributed by atoms with Gasteiger partial charge in [0.05, 0.1) is 21.4 Å². The van der Waals surface area contributed by atoms with Crippen molar-refractivity contribution in [2.75, 3.05) is 11.1 Å². The lowest BCUT2D eigenvalue weighted by molar-refractivity contribution is 0.102. The van der Waals surface area contributed by atoms with E-state index in [1.165, 1.54) is 12.1 Å². The second kappa shape index (κ2) is 6.87. The van der Waals surface area contributed by atoms with Gasteiger partial charge in [0.15, 0.2) is 0 Å². The van der Waals surface area contributed by atoms with Crippen LogP contribution >= 0.6 is 71.0 Å². The van der Waals surface area contributed by atoms with Crippen LogP contribution in [0.15, 0.2) is 37.7 Å². The van der Waals surface area contributed by atoms with E-state index in [2.05, 4.69) is 53.1 Å². The summed E-state index contributed by atoms with van der Waals surface area (Å²) in [4.78, 5) is 12.3. The molecule has 2 aromatic carbocycles. The first-order chi connectivity index (χ1) is 9.79. The van der Waals surface area contributed by atoms with Crippen LogP contribution in [-0.2, 0) is 0 Å². The van der Waals surface area contributed by atoms with Crippen molar-refractivity contribution in [3.05, 3.63) is 53.3 Å². The zero-order valence-electron chi connectivity index (χ0n) is 10.2. The number of anilines is 2. The maximum absolute atomic E-state index is 12.3. The third kappa shape index (κ3) is 3.93. The van der Waals surface area contributed by atoms with Gasteiger partial charge in [-0.2, -0.15) is 0 Å². The fourth-order valence-electron chi connectivity index (χ4n) is 1.59. The van der Waals surface area contributed by atoms with Gasteiger partial charge in [-0.3, -0.25) is 4.79 Å². The number of carbonyl (C=O) groups excluding carboxylic acids is 1.